The lowest BCUT2D eigenvalue weighted by Gasteiger charge is -2.32. The van der Waals surface area contributed by atoms with Crippen LogP contribution in [-0.4, -0.2) is 27.9 Å². The van der Waals surface area contributed by atoms with Crippen molar-refractivity contribution < 1.29 is 9.31 Å². The molecule has 1 aromatic heterocycles. The van der Waals surface area contributed by atoms with E-state index in [0.29, 0.717) is 0 Å². The van der Waals surface area contributed by atoms with Crippen molar-refractivity contribution in [3.8, 4) is 5.69 Å². The molecule has 1 saturated heterocycles. The largest absolute Gasteiger partial charge is 0.494 e. The number of nitrogens with zero attached hydrogens (tertiary/aromatic N) is 2. The molecule has 1 aliphatic heterocycles. The Kier molecular flexibility index (Phi) is 3.34. The molecule has 5 heteroatoms. The summed E-state index contributed by atoms with van der Waals surface area (Å²) in [4.78, 5) is 4.47. The topological polar surface area (TPSA) is 36.3 Å². The van der Waals surface area contributed by atoms with Gasteiger partial charge >= 0.3 is 7.12 Å². The van der Waals surface area contributed by atoms with Crippen molar-refractivity contribution >= 4 is 23.6 Å². The maximum atomic E-state index is 6.16. The van der Waals surface area contributed by atoms with E-state index in [1.807, 2.05) is 36.7 Å². The minimum absolute atomic E-state index is 0.338. The number of hydrogen-bond donors (Lipinski definition) is 0. The van der Waals surface area contributed by atoms with E-state index < -0.39 is 0 Å². The molecule has 2 heterocycles. The summed E-state index contributed by atoms with van der Waals surface area (Å²) in [6, 6.07) is 16.4. The van der Waals surface area contributed by atoms with Crippen LogP contribution in [0.3, 0.4) is 0 Å². The third-order valence-corrected chi connectivity index (χ3v) is 5.13. The fourth-order valence-electron chi connectivity index (χ4n) is 2.97. The van der Waals surface area contributed by atoms with Crippen LogP contribution in [0.25, 0.3) is 16.7 Å². The molecule has 122 valence electrons. The van der Waals surface area contributed by atoms with Crippen LogP contribution in [0.15, 0.2) is 54.9 Å². The van der Waals surface area contributed by atoms with E-state index >= 15 is 0 Å². The molecule has 0 unspecified atom stereocenters. The molecular weight excluding hydrogens is 299 g/mol. The molecule has 0 radical (unpaired) electrons. The average Bonchev–Trinajstić information content (AvgIpc) is 3.06. The maximum absolute atomic E-state index is 6.16. The van der Waals surface area contributed by atoms with Crippen LogP contribution in [0.5, 0.6) is 0 Å². The van der Waals surface area contributed by atoms with Gasteiger partial charge in [-0.3, -0.25) is 4.57 Å². The number of rotatable bonds is 2. The van der Waals surface area contributed by atoms with Gasteiger partial charge in [-0.05, 0) is 57.4 Å². The number of aromatic nitrogens is 2. The highest BCUT2D eigenvalue weighted by atomic mass is 16.7. The first kappa shape index (κ1) is 15.4. The zero-order valence-corrected chi connectivity index (χ0v) is 14.5. The van der Waals surface area contributed by atoms with E-state index in [1.165, 1.54) is 0 Å². The molecule has 0 amide bonds. The third-order valence-electron chi connectivity index (χ3n) is 5.13. The molecule has 1 aliphatic rings. The predicted octanol–water partition coefficient (Wildman–Crippen LogP) is 3.32. The van der Waals surface area contributed by atoms with E-state index in [9.17, 15) is 0 Å². The Labute approximate surface area is 142 Å². The average molecular weight is 320 g/mol. The van der Waals surface area contributed by atoms with Gasteiger partial charge in [-0.15, -0.1) is 0 Å². The highest BCUT2D eigenvalue weighted by Crippen LogP contribution is 2.36. The Balaban J connectivity index is 1.73. The van der Waals surface area contributed by atoms with Crippen LogP contribution >= 0.6 is 0 Å². The van der Waals surface area contributed by atoms with Crippen LogP contribution in [-0.2, 0) is 9.31 Å². The van der Waals surface area contributed by atoms with Crippen molar-refractivity contribution in [2.24, 2.45) is 0 Å². The van der Waals surface area contributed by atoms with Crippen molar-refractivity contribution in [1.29, 1.82) is 0 Å². The summed E-state index contributed by atoms with van der Waals surface area (Å²) in [7, 11) is -0.357. The molecular formula is C19H21BN2O2. The molecule has 0 spiro atoms. The Hall–Kier alpha value is -2.11. The van der Waals surface area contributed by atoms with Gasteiger partial charge in [0, 0.05) is 5.69 Å². The monoisotopic (exact) mass is 320 g/mol. The minimum atomic E-state index is -0.357. The first-order valence-corrected chi connectivity index (χ1v) is 8.25. The normalized spacial score (nSPS) is 19.1. The highest BCUT2D eigenvalue weighted by molar-refractivity contribution is 6.62. The Morgan fingerprint density at radius 2 is 1.62 bits per heavy atom. The second-order valence-electron chi connectivity index (χ2n) is 7.29. The first-order chi connectivity index (χ1) is 11.4. The summed E-state index contributed by atoms with van der Waals surface area (Å²) in [5.41, 5.74) is 3.46. The molecule has 2 aromatic carbocycles. The van der Waals surface area contributed by atoms with Crippen molar-refractivity contribution in [1.82, 2.24) is 9.55 Å². The predicted molar refractivity (Wildman–Crippen MR) is 96.8 cm³/mol. The van der Waals surface area contributed by atoms with Gasteiger partial charge in [-0.1, -0.05) is 24.3 Å². The number of benzene rings is 2. The smallest absolute Gasteiger partial charge is 0.399 e. The van der Waals surface area contributed by atoms with Crippen molar-refractivity contribution in [3.63, 3.8) is 0 Å². The van der Waals surface area contributed by atoms with E-state index in [2.05, 4.69) is 55.4 Å². The van der Waals surface area contributed by atoms with Crippen molar-refractivity contribution in [2.75, 3.05) is 0 Å². The van der Waals surface area contributed by atoms with E-state index in [4.69, 9.17) is 9.31 Å². The summed E-state index contributed by atoms with van der Waals surface area (Å²) < 4.78 is 14.4. The lowest BCUT2D eigenvalue weighted by Crippen LogP contribution is -2.41. The van der Waals surface area contributed by atoms with E-state index in [0.717, 1.165) is 22.2 Å². The lowest BCUT2D eigenvalue weighted by molar-refractivity contribution is 0.00578. The number of fused-ring (bicyclic) bond motifs is 1. The number of hydrogen-bond acceptors (Lipinski definition) is 3. The second-order valence-corrected chi connectivity index (χ2v) is 7.29. The van der Waals surface area contributed by atoms with E-state index in [-0.39, 0.29) is 18.3 Å². The SMILES string of the molecule is CC1(C)OB(c2cccc(-n3cnc4ccccc43)c2)OC1(C)C. The fraction of sp³-hybridized carbons (Fsp3) is 0.316. The molecule has 0 N–H and O–H groups in total. The van der Waals surface area contributed by atoms with Crippen LogP contribution in [0.4, 0.5) is 0 Å². The van der Waals surface area contributed by atoms with Gasteiger partial charge in [-0.2, -0.15) is 0 Å². The van der Waals surface area contributed by atoms with Crippen LogP contribution < -0.4 is 5.46 Å². The van der Waals surface area contributed by atoms with Gasteiger partial charge in [0.2, 0.25) is 0 Å². The van der Waals surface area contributed by atoms with Crippen LogP contribution in [0.2, 0.25) is 0 Å². The van der Waals surface area contributed by atoms with Gasteiger partial charge in [0.15, 0.2) is 0 Å². The summed E-state index contributed by atoms with van der Waals surface area (Å²) in [6.45, 7) is 8.28. The zero-order valence-electron chi connectivity index (χ0n) is 14.5. The zero-order chi connectivity index (χ0) is 16.9. The molecule has 3 aromatic rings. The molecule has 0 bridgehead atoms. The van der Waals surface area contributed by atoms with Crippen molar-refractivity contribution in [3.05, 3.63) is 54.9 Å². The molecule has 1 fully saturated rings. The summed E-state index contributed by atoms with van der Waals surface area (Å²) in [6.07, 6.45) is 1.86. The van der Waals surface area contributed by atoms with E-state index in [1.54, 1.807) is 0 Å². The number of imidazole rings is 1. The molecule has 4 rings (SSSR count). The summed E-state index contributed by atoms with van der Waals surface area (Å²) >= 11 is 0. The lowest BCUT2D eigenvalue weighted by atomic mass is 9.79. The van der Waals surface area contributed by atoms with Gasteiger partial charge < -0.3 is 9.31 Å². The standard InChI is InChI=1S/C19H21BN2O2/c1-18(2)19(3,4)24-20(23-18)14-8-7-9-15(12-14)22-13-21-16-10-5-6-11-17(16)22/h5-13H,1-4H3. The van der Waals surface area contributed by atoms with Crippen molar-refractivity contribution in [2.45, 2.75) is 38.9 Å². The van der Waals surface area contributed by atoms with Crippen LogP contribution in [0, 0.1) is 0 Å². The second kappa shape index (κ2) is 5.20. The summed E-state index contributed by atoms with van der Waals surface area (Å²) in [5, 5.41) is 0. The maximum Gasteiger partial charge on any atom is 0.494 e. The Morgan fingerprint density at radius 3 is 2.38 bits per heavy atom. The molecule has 24 heavy (non-hydrogen) atoms. The molecule has 4 nitrogen and oxygen atoms in total. The van der Waals surface area contributed by atoms with Gasteiger partial charge in [-0.25, -0.2) is 4.98 Å². The van der Waals surface area contributed by atoms with Gasteiger partial charge in [0.25, 0.3) is 0 Å². The van der Waals surface area contributed by atoms with Gasteiger partial charge in [0.05, 0.1) is 22.2 Å². The third kappa shape index (κ3) is 2.36. The minimum Gasteiger partial charge on any atom is -0.399 e. The Bertz CT molecular complexity index is 885. The Morgan fingerprint density at radius 1 is 0.917 bits per heavy atom. The quantitative estimate of drug-likeness (QED) is 0.680. The highest BCUT2D eigenvalue weighted by Gasteiger charge is 2.51. The fourth-order valence-corrected chi connectivity index (χ4v) is 2.97. The molecule has 0 aliphatic carbocycles. The summed E-state index contributed by atoms with van der Waals surface area (Å²) in [5.74, 6) is 0. The van der Waals surface area contributed by atoms with Crippen LogP contribution in [0.1, 0.15) is 27.7 Å². The first-order valence-electron chi connectivity index (χ1n) is 8.25. The number of para-hydroxylation sites is 2. The molecule has 0 atom stereocenters. The molecule has 0 saturated carbocycles. The van der Waals surface area contributed by atoms with Gasteiger partial charge in [0.1, 0.15) is 6.33 Å².